The van der Waals surface area contributed by atoms with Gasteiger partial charge in [-0.25, -0.2) is 4.98 Å². The van der Waals surface area contributed by atoms with E-state index in [1.165, 1.54) is 4.57 Å². The van der Waals surface area contributed by atoms with E-state index in [2.05, 4.69) is 4.98 Å². The summed E-state index contributed by atoms with van der Waals surface area (Å²) in [6.45, 7) is 2.25. The third-order valence-corrected chi connectivity index (χ3v) is 4.03. The van der Waals surface area contributed by atoms with Crippen LogP contribution in [-0.2, 0) is 17.9 Å². The summed E-state index contributed by atoms with van der Waals surface area (Å²) >= 11 is 0. The molecule has 5 heteroatoms. The van der Waals surface area contributed by atoms with Crippen LogP contribution in [0.3, 0.4) is 0 Å². The van der Waals surface area contributed by atoms with Crippen molar-refractivity contribution in [2.24, 2.45) is 0 Å². The highest BCUT2D eigenvalue weighted by Gasteiger charge is 2.14. The van der Waals surface area contributed by atoms with Gasteiger partial charge in [0.25, 0.3) is 5.56 Å². The van der Waals surface area contributed by atoms with Crippen molar-refractivity contribution in [3.05, 3.63) is 76.3 Å². The zero-order valence-electron chi connectivity index (χ0n) is 13.8. The smallest absolute Gasteiger partial charge is 0.261 e. The first-order valence-electron chi connectivity index (χ1n) is 7.80. The van der Waals surface area contributed by atoms with Crippen molar-refractivity contribution in [2.45, 2.75) is 20.0 Å². The molecule has 3 rings (SSSR count). The van der Waals surface area contributed by atoms with E-state index < -0.39 is 0 Å². The van der Waals surface area contributed by atoms with Crippen LogP contribution >= 0.6 is 0 Å². The number of likely N-dealkylation sites (N-methyl/N-ethyl adjacent to an activating group) is 1. The molecule has 0 aliphatic carbocycles. The Morgan fingerprint density at radius 3 is 2.50 bits per heavy atom. The lowest BCUT2D eigenvalue weighted by molar-refractivity contribution is -0.131. The van der Waals surface area contributed by atoms with Gasteiger partial charge in [-0.15, -0.1) is 0 Å². The summed E-state index contributed by atoms with van der Waals surface area (Å²) in [5.41, 5.74) is 1.52. The molecule has 0 aliphatic rings. The predicted molar refractivity (Wildman–Crippen MR) is 93.7 cm³/mol. The zero-order valence-corrected chi connectivity index (χ0v) is 13.8. The monoisotopic (exact) mass is 321 g/mol. The number of amides is 1. The molecule has 2 aromatic carbocycles. The third kappa shape index (κ3) is 3.20. The van der Waals surface area contributed by atoms with Gasteiger partial charge in [-0.2, -0.15) is 0 Å². The molecule has 0 bridgehead atoms. The molecule has 0 atom stereocenters. The minimum Gasteiger partial charge on any atom is -0.340 e. The fraction of sp³-hybridized carbons (Fsp3) is 0.211. The van der Waals surface area contributed by atoms with Crippen molar-refractivity contribution in [3.63, 3.8) is 0 Å². The van der Waals surface area contributed by atoms with Gasteiger partial charge in [0, 0.05) is 13.6 Å². The fourth-order valence-electron chi connectivity index (χ4n) is 2.67. The highest BCUT2D eigenvalue weighted by Crippen LogP contribution is 2.08. The summed E-state index contributed by atoms with van der Waals surface area (Å²) in [5.74, 6) is 0.418. The van der Waals surface area contributed by atoms with Gasteiger partial charge in [0.1, 0.15) is 12.4 Å². The van der Waals surface area contributed by atoms with Gasteiger partial charge in [0.2, 0.25) is 5.91 Å². The SMILES string of the molecule is Cc1nc2ccccc2c(=O)n1CC(=O)N(C)Cc1ccccc1. The molecule has 0 N–H and O–H groups in total. The molecule has 0 saturated carbocycles. The van der Waals surface area contributed by atoms with Crippen LogP contribution in [0.5, 0.6) is 0 Å². The van der Waals surface area contributed by atoms with Gasteiger partial charge in [0.15, 0.2) is 0 Å². The lowest BCUT2D eigenvalue weighted by Crippen LogP contribution is -2.35. The van der Waals surface area contributed by atoms with E-state index in [1.807, 2.05) is 36.4 Å². The maximum Gasteiger partial charge on any atom is 0.261 e. The highest BCUT2D eigenvalue weighted by atomic mass is 16.2. The van der Waals surface area contributed by atoms with Gasteiger partial charge in [0.05, 0.1) is 10.9 Å². The Bertz CT molecular complexity index is 932. The van der Waals surface area contributed by atoms with E-state index in [0.29, 0.717) is 23.3 Å². The molecule has 0 radical (unpaired) electrons. The Morgan fingerprint density at radius 1 is 1.08 bits per heavy atom. The maximum atomic E-state index is 12.6. The number of para-hydroxylation sites is 1. The summed E-state index contributed by atoms with van der Waals surface area (Å²) in [6, 6.07) is 16.9. The summed E-state index contributed by atoms with van der Waals surface area (Å²) in [4.78, 5) is 31.2. The quantitative estimate of drug-likeness (QED) is 0.741. The first kappa shape index (κ1) is 15.9. The maximum absolute atomic E-state index is 12.6. The van der Waals surface area contributed by atoms with Crippen molar-refractivity contribution in [1.82, 2.24) is 14.5 Å². The number of aromatic nitrogens is 2. The fourth-order valence-corrected chi connectivity index (χ4v) is 2.67. The van der Waals surface area contributed by atoms with E-state index in [1.54, 1.807) is 37.1 Å². The van der Waals surface area contributed by atoms with E-state index in [-0.39, 0.29) is 18.0 Å². The second-order valence-corrected chi connectivity index (χ2v) is 5.80. The molecular formula is C19H19N3O2. The largest absolute Gasteiger partial charge is 0.340 e. The first-order valence-corrected chi connectivity index (χ1v) is 7.80. The van der Waals surface area contributed by atoms with Crippen LogP contribution in [0.2, 0.25) is 0 Å². The van der Waals surface area contributed by atoms with Crippen molar-refractivity contribution in [1.29, 1.82) is 0 Å². The van der Waals surface area contributed by atoms with E-state index in [0.717, 1.165) is 5.56 Å². The van der Waals surface area contributed by atoms with Crippen molar-refractivity contribution < 1.29 is 4.79 Å². The van der Waals surface area contributed by atoms with Gasteiger partial charge in [-0.3, -0.25) is 14.2 Å². The van der Waals surface area contributed by atoms with Crippen LogP contribution in [0.1, 0.15) is 11.4 Å². The number of nitrogens with zero attached hydrogens (tertiary/aromatic N) is 3. The molecule has 3 aromatic rings. The Labute approximate surface area is 140 Å². The summed E-state index contributed by atoms with van der Waals surface area (Å²) < 4.78 is 1.44. The second-order valence-electron chi connectivity index (χ2n) is 5.80. The van der Waals surface area contributed by atoms with Gasteiger partial charge >= 0.3 is 0 Å². The normalized spacial score (nSPS) is 10.8. The van der Waals surface area contributed by atoms with Crippen LogP contribution in [0.25, 0.3) is 10.9 Å². The summed E-state index contributed by atoms with van der Waals surface area (Å²) in [5, 5.41) is 0.529. The molecule has 0 spiro atoms. The minimum atomic E-state index is -0.181. The zero-order chi connectivity index (χ0) is 17.1. The minimum absolute atomic E-state index is 0.00810. The number of carbonyl (C=O) groups excluding carboxylic acids is 1. The van der Waals surface area contributed by atoms with Gasteiger partial charge < -0.3 is 4.90 Å². The average Bonchev–Trinajstić information content (AvgIpc) is 2.59. The Kier molecular flexibility index (Phi) is 4.42. The van der Waals surface area contributed by atoms with Crippen LogP contribution < -0.4 is 5.56 Å². The Morgan fingerprint density at radius 2 is 1.75 bits per heavy atom. The third-order valence-electron chi connectivity index (χ3n) is 4.03. The second kappa shape index (κ2) is 6.66. The Balaban J connectivity index is 1.84. The number of fused-ring (bicyclic) bond motifs is 1. The number of hydrogen-bond donors (Lipinski definition) is 0. The van der Waals surface area contributed by atoms with E-state index >= 15 is 0 Å². The molecule has 5 nitrogen and oxygen atoms in total. The van der Waals surface area contributed by atoms with Gasteiger partial charge in [-0.1, -0.05) is 42.5 Å². The van der Waals surface area contributed by atoms with E-state index in [9.17, 15) is 9.59 Å². The molecule has 0 unspecified atom stereocenters. The highest BCUT2D eigenvalue weighted by molar-refractivity contribution is 5.79. The van der Waals surface area contributed by atoms with Crippen molar-refractivity contribution >= 4 is 16.8 Å². The molecule has 1 aromatic heterocycles. The Hall–Kier alpha value is -2.95. The average molecular weight is 321 g/mol. The first-order chi connectivity index (χ1) is 11.6. The molecule has 122 valence electrons. The van der Waals surface area contributed by atoms with Crippen LogP contribution in [0.15, 0.2) is 59.4 Å². The van der Waals surface area contributed by atoms with Crippen molar-refractivity contribution in [2.75, 3.05) is 7.05 Å². The summed E-state index contributed by atoms with van der Waals surface area (Å²) in [7, 11) is 1.74. The number of aryl methyl sites for hydroxylation is 1. The molecule has 1 amide bonds. The lowest BCUT2D eigenvalue weighted by Gasteiger charge is -2.19. The lowest BCUT2D eigenvalue weighted by atomic mass is 10.2. The molecule has 0 aliphatic heterocycles. The van der Waals surface area contributed by atoms with Crippen LogP contribution in [0.4, 0.5) is 0 Å². The molecule has 0 saturated heterocycles. The molecule has 1 heterocycles. The molecular weight excluding hydrogens is 302 g/mol. The predicted octanol–water partition coefficient (Wildman–Crippen LogP) is 2.36. The topological polar surface area (TPSA) is 55.2 Å². The number of carbonyl (C=O) groups is 1. The van der Waals surface area contributed by atoms with Crippen LogP contribution in [-0.4, -0.2) is 27.4 Å². The number of benzene rings is 2. The number of hydrogen-bond acceptors (Lipinski definition) is 3. The molecule has 0 fully saturated rings. The standard InChI is InChI=1S/C19H19N3O2/c1-14-20-17-11-7-6-10-16(17)19(24)22(14)13-18(23)21(2)12-15-8-4-3-5-9-15/h3-11H,12-13H2,1-2H3. The summed E-state index contributed by atoms with van der Waals surface area (Å²) in [6.07, 6.45) is 0. The van der Waals surface area contributed by atoms with Crippen molar-refractivity contribution in [3.8, 4) is 0 Å². The van der Waals surface area contributed by atoms with Gasteiger partial charge in [-0.05, 0) is 24.6 Å². The molecule has 24 heavy (non-hydrogen) atoms. The number of rotatable bonds is 4. The van der Waals surface area contributed by atoms with E-state index in [4.69, 9.17) is 0 Å². The van der Waals surface area contributed by atoms with Crippen LogP contribution in [0, 0.1) is 6.92 Å².